The average molecular weight is 396 g/mol. The molecule has 0 aromatic heterocycles. The topological polar surface area (TPSA) is 0 Å². The molecule has 0 amide bonds. The summed E-state index contributed by atoms with van der Waals surface area (Å²) >= 11 is 0. The number of nitrogens with zero attached hydrogens (tertiary/aromatic N) is 1. The molecule has 0 spiro atoms. The summed E-state index contributed by atoms with van der Waals surface area (Å²) in [5.41, 5.74) is 1.49. The van der Waals surface area contributed by atoms with Crippen molar-refractivity contribution in [2.24, 2.45) is 0 Å². The van der Waals surface area contributed by atoms with E-state index in [9.17, 15) is 0 Å². The summed E-state index contributed by atoms with van der Waals surface area (Å²) in [6.07, 6.45) is 18.4. The first-order valence-corrected chi connectivity index (χ1v) is 11.6. The Bertz CT molecular complexity index is 420. The van der Waals surface area contributed by atoms with Crippen LogP contribution < -0.4 is 12.4 Å². The Balaban J connectivity index is 0.00000676. The maximum absolute atomic E-state index is 2.47. The highest BCUT2D eigenvalue weighted by Crippen LogP contribution is 2.17. The molecular weight excluding hydrogens is 350 g/mol. The number of hydrogen-bond acceptors (Lipinski definition) is 0. The van der Waals surface area contributed by atoms with Crippen LogP contribution in [0.1, 0.15) is 103 Å². The Morgan fingerprint density at radius 2 is 1.04 bits per heavy atom. The van der Waals surface area contributed by atoms with Crippen molar-refractivity contribution in [1.29, 1.82) is 0 Å². The monoisotopic (exact) mass is 395 g/mol. The zero-order valence-electron chi connectivity index (χ0n) is 18.5. The number of halogens is 1. The van der Waals surface area contributed by atoms with Crippen LogP contribution in [0.15, 0.2) is 30.3 Å². The molecule has 1 atom stereocenters. The first kappa shape index (κ1) is 26.5. The average Bonchev–Trinajstić information content (AvgIpc) is 2.65. The normalized spacial score (nSPS) is 13.1. The lowest BCUT2D eigenvalue weighted by atomic mass is 10.1. The minimum absolute atomic E-state index is 0. The van der Waals surface area contributed by atoms with Crippen molar-refractivity contribution in [2.45, 2.75) is 104 Å². The van der Waals surface area contributed by atoms with E-state index in [1.165, 1.54) is 113 Å². The van der Waals surface area contributed by atoms with Gasteiger partial charge in [0.1, 0.15) is 6.54 Å². The van der Waals surface area contributed by atoms with Crippen molar-refractivity contribution in [3.05, 3.63) is 35.9 Å². The van der Waals surface area contributed by atoms with Gasteiger partial charge in [0.25, 0.3) is 0 Å². The second-order valence-corrected chi connectivity index (χ2v) is 8.60. The number of hydrogen-bond donors (Lipinski definition) is 0. The van der Waals surface area contributed by atoms with Crippen LogP contribution in [0, 0.1) is 0 Å². The van der Waals surface area contributed by atoms with Gasteiger partial charge in [0.15, 0.2) is 0 Å². The smallest absolute Gasteiger partial charge is 0.104 e. The van der Waals surface area contributed by atoms with Crippen LogP contribution in [0.25, 0.3) is 0 Å². The third-order valence-electron chi connectivity index (χ3n) is 5.76. The maximum Gasteiger partial charge on any atom is 0.104 e. The first-order valence-electron chi connectivity index (χ1n) is 11.6. The summed E-state index contributed by atoms with van der Waals surface area (Å²) in [6, 6.07) is 11.1. The van der Waals surface area contributed by atoms with E-state index in [1.807, 2.05) is 0 Å². The van der Waals surface area contributed by atoms with Gasteiger partial charge in [-0.25, -0.2) is 0 Å². The van der Waals surface area contributed by atoms with E-state index < -0.39 is 0 Å². The van der Waals surface area contributed by atoms with Gasteiger partial charge in [-0.1, -0.05) is 108 Å². The minimum Gasteiger partial charge on any atom is -1.00 e. The summed E-state index contributed by atoms with van der Waals surface area (Å²) in [6.45, 7) is 8.47. The molecule has 0 bridgehead atoms. The molecular formula is C25H46ClN. The van der Waals surface area contributed by atoms with E-state index in [0.29, 0.717) is 0 Å². The van der Waals surface area contributed by atoms with Crippen LogP contribution in [0.5, 0.6) is 0 Å². The molecule has 0 aliphatic rings. The van der Waals surface area contributed by atoms with E-state index in [0.717, 1.165) is 0 Å². The van der Waals surface area contributed by atoms with Gasteiger partial charge in [0.2, 0.25) is 0 Å². The van der Waals surface area contributed by atoms with Crippen molar-refractivity contribution < 1.29 is 16.9 Å². The zero-order chi connectivity index (χ0) is 18.9. The predicted octanol–water partition coefficient (Wildman–Crippen LogP) is 4.75. The summed E-state index contributed by atoms with van der Waals surface area (Å²) in [7, 11) is 2.47. The molecule has 27 heavy (non-hydrogen) atoms. The molecule has 2 heteroatoms. The first-order chi connectivity index (χ1) is 12.7. The third-order valence-corrected chi connectivity index (χ3v) is 5.76. The lowest BCUT2D eigenvalue weighted by molar-refractivity contribution is -0.923. The van der Waals surface area contributed by atoms with Crippen molar-refractivity contribution in [2.75, 3.05) is 20.1 Å². The molecule has 0 aliphatic heterocycles. The van der Waals surface area contributed by atoms with Gasteiger partial charge < -0.3 is 16.9 Å². The number of unbranched alkanes of at least 4 members (excludes halogenated alkanes) is 11. The lowest BCUT2D eigenvalue weighted by Gasteiger charge is -2.35. The molecule has 158 valence electrons. The number of benzene rings is 1. The molecule has 0 heterocycles. The van der Waals surface area contributed by atoms with Gasteiger partial charge in [-0.15, -0.1) is 0 Å². The fraction of sp³-hybridized carbons (Fsp3) is 0.760. The van der Waals surface area contributed by atoms with Gasteiger partial charge in [0, 0.05) is 5.56 Å². The highest BCUT2D eigenvalue weighted by molar-refractivity contribution is 5.13. The van der Waals surface area contributed by atoms with Gasteiger partial charge in [-0.2, -0.15) is 0 Å². The van der Waals surface area contributed by atoms with Crippen molar-refractivity contribution in [1.82, 2.24) is 0 Å². The largest absolute Gasteiger partial charge is 1.00 e. The van der Waals surface area contributed by atoms with E-state index in [1.54, 1.807) is 0 Å². The minimum atomic E-state index is 0. The summed E-state index contributed by atoms with van der Waals surface area (Å²) in [4.78, 5) is 0. The SMILES string of the molecule is CCCCCCCCCCCCC[N+](C)(CCCC)Cc1ccccc1.[Cl-]. The Kier molecular flexibility index (Phi) is 17.2. The summed E-state index contributed by atoms with van der Waals surface area (Å²) in [5.74, 6) is 0. The zero-order valence-corrected chi connectivity index (χ0v) is 19.3. The Morgan fingerprint density at radius 3 is 1.56 bits per heavy atom. The fourth-order valence-electron chi connectivity index (χ4n) is 3.99. The Labute approximate surface area is 176 Å². The predicted molar refractivity (Wildman–Crippen MR) is 117 cm³/mol. The molecule has 1 nitrogen and oxygen atoms in total. The summed E-state index contributed by atoms with van der Waals surface area (Å²) < 4.78 is 1.22. The van der Waals surface area contributed by atoms with Gasteiger partial charge >= 0.3 is 0 Å². The standard InChI is InChI=1S/C25H46N.ClH/c1-4-6-8-9-10-11-12-13-14-15-19-23-26(3,22-7-5-2)24-25-20-17-16-18-21-25;/h16-18,20-21H,4-15,19,22-24H2,1-3H3;1H/q+1;/p-1. The molecule has 1 rings (SSSR count). The highest BCUT2D eigenvalue weighted by Gasteiger charge is 2.20. The van der Waals surface area contributed by atoms with Crippen LogP contribution in [-0.2, 0) is 6.54 Å². The third kappa shape index (κ3) is 14.2. The molecule has 1 aromatic rings. The van der Waals surface area contributed by atoms with Gasteiger partial charge in [-0.3, -0.25) is 0 Å². The molecule has 0 saturated carbocycles. The molecule has 0 fully saturated rings. The van der Waals surface area contributed by atoms with Crippen LogP contribution >= 0.6 is 0 Å². The van der Waals surface area contributed by atoms with Crippen molar-refractivity contribution >= 4 is 0 Å². The van der Waals surface area contributed by atoms with E-state index in [-0.39, 0.29) is 12.4 Å². The molecule has 1 aromatic carbocycles. The molecule has 0 radical (unpaired) electrons. The number of quaternary nitrogens is 1. The molecule has 0 N–H and O–H groups in total. The fourth-order valence-corrected chi connectivity index (χ4v) is 3.99. The van der Waals surface area contributed by atoms with E-state index in [2.05, 4.69) is 51.2 Å². The van der Waals surface area contributed by atoms with Crippen molar-refractivity contribution in [3.8, 4) is 0 Å². The van der Waals surface area contributed by atoms with Crippen LogP contribution in [0.2, 0.25) is 0 Å². The second-order valence-electron chi connectivity index (χ2n) is 8.60. The quantitative estimate of drug-likeness (QED) is 0.264. The molecule has 0 aliphatic carbocycles. The van der Waals surface area contributed by atoms with Crippen LogP contribution in [-0.4, -0.2) is 24.6 Å². The lowest BCUT2D eigenvalue weighted by Crippen LogP contribution is -3.00. The van der Waals surface area contributed by atoms with Gasteiger partial charge in [-0.05, 0) is 19.3 Å². The molecule has 1 unspecified atom stereocenters. The summed E-state index contributed by atoms with van der Waals surface area (Å²) in [5, 5.41) is 0. The second kappa shape index (κ2) is 17.6. The highest BCUT2D eigenvalue weighted by atomic mass is 35.5. The van der Waals surface area contributed by atoms with E-state index >= 15 is 0 Å². The maximum atomic E-state index is 2.47. The number of rotatable bonds is 17. The Hall–Kier alpha value is -0.530. The van der Waals surface area contributed by atoms with Crippen LogP contribution in [0.3, 0.4) is 0 Å². The van der Waals surface area contributed by atoms with Gasteiger partial charge in [0.05, 0.1) is 20.1 Å². The van der Waals surface area contributed by atoms with E-state index in [4.69, 9.17) is 0 Å². The molecule has 0 saturated heterocycles. The Morgan fingerprint density at radius 1 is 0.593 bits per heavy atom. The van der Waals surface area contributed by atoms with Crippen LogP contribution in [0.4, 0.5) is 0 Å². The van der Waals surface area contributed by atoms with Crippen molar-refractivity contribution in [3.63, 3.8) is 0 Å².